The van der Waals surface area contributed by atoms with E-state index in [0.717, 1.165) is 27.8 Å². The molecule has 0 aliphatic carbocycles. The quantitative estimate of drug-likeness (QED) is 0.570. The molecule has 0 radical (unpaired) electrons. The third kappa shape index (κ3) is 2.44. The van der Waals surface area contributed by atoms with E-state index in [1.807, 2.05) is 42.5 Å². The maximum atomic E-state index is 11.6. The summed E-state index contributed by atoms with van der Waals surface area (Å²) in [6.45, 7) is 0.559. The van der Waals surface area contributed by atoms with Crippen molar-refractivity contribution in [2.24, 2.45) is 0 Å². The van der Waals surface area contributed by atoms with Gasteiger partial charge in [0.15, 0.2) is 0 Å². The van der Waals surface area contributed by atoms with E-state index in [4.69, 9.17) is 0 Å². The Morgan fingerprint density at radius 1 is 1.04 bits per heavy atom. The number of nitrogens with one attached hydrogen (secondary N) is 4. The van der Waals surface area contributed by atoms with Crippen LogP contribution in [-0.2, 0) is 11.3 Å². The predicted octanol–water partition coefficient (Wildman–Crippen LogP) is 0.704. The molecular formula is C17H16N4O3. The number of carboxylic acid groups (broad SMARTS) is 1. The Hall–Kier alpha value is -2.74. The summed E-state index contributed by atoms with van der Waals surface area (Å²) >= 11 is 0. The SMILES string of the molecule is O=C1NCc2cc(-c3ccc(C4NNNC4C(=O)O)cc3)ccc21. The summed E-state index contributed by atoms with van der Waals surface area (Å²) in [5.41, 5.74) is 12.9. The summed E-state index contributed by atoms with van der Waals surface area (Å²) < 4.78 is 0. The zero-order valence-corrected chi connectivity index (χ0v) is 12.7. The van der Waals surface area contributed by atoms with Crippen molar-refractivity contribution >= 4 is 11.9 Å². The Morgan fingerprint density at radius 3 is 2.54 bits per heavy atom. The summed E-state index contributed by atoms with van der Waals surface area (Å²) in [6.07, 6.45) is 0. The van der Waals surface area contributed by atoms with Crippen LogP contribution in [0.5, 0.6) is 0 Å². The van der Waals surface area contributed by atoms with Gasteiger partial charge in [-0.3, -0.25) is 9.59 Å². The highest BCUT2D eigenvalue weighted by atomic mass is 16.4. The van der Waals surface area contributed by atoms with Crippen molar-refractivity contribution in [3.8, 4) is 11.1 Å². The standard InChI is InChI=1S/C17H16N4O3/c22-16-13-6-5-11(7-12(13)8-18-16)9-1-3-10(4-2-9)14-15(17(23)24)20-21-19-14/h1-7,14-15,19-21H,8H2,(H,18,22)(H,23,24). The van der Waals surface area contributed by atoms with Gasteiger partial charge in [-0.05, 0) is 34.4 Å². The van der Waals surface area contributed by atoms with Gasteiger partial charge in [-0.1, -0.05) is 30.3 Å². The van der Waals surface area contributed by atoms with Gasteiger partial charge in [0, 0.05) is 12.1 Å². The van der Waals surface area contributed by atoms with Gasteiger partial charge in [0.25, 0.3) is 5.91 Å². The van der Waals surface area contributed by atoms with E-state index < -0.39 is 12.0 Å². The Morgan fingerprint density at radius 2 is 1.79 bits per heavy atom. The maximum Gasteiger partial charge on any atom is 0.324 e. The number of hydrogen-bond donors (Lipinski definition) is 5. The summed E-state index contributed by atoms with van der Waals surface area (Å²) in [7, 11) is 0. The van der Waals surface area contributed by atoms with Gasteiger partial charge < -0.3 is 10.4 Å². The molecule has 1 saturated heterocycles. The fraction of sp³-hybridized carbons (Fsp3) is 0.176. The van der Waals surface area contributed by atoms with Crippen molar-refractivity contribution in [3.05, 3.63) is 59.2 Å². The van der Waals surface area contributed by atoms with E-state index in [2.05, 4.69) is 21.7 Å². The minimum Gasteiger partial charge on any atom is -0.480 e. The number of hydrazine groups is 2. The number of benzene rings is 2. The number of hydrogen-bond acceptors (Lipinski definition) is 5. The minimum absolute atomic E-state index is 0.0288. The number of carboxylic acids is 1. The molecule has 0 aromatic heterocycles. The maximum absolute atomic E-state index is 11.6. The molecule has 24 heavy (non-hydrogen) atoms. The fourth-order valence-electron chi connectivity index (χ4n) is 3.14. The van der Waals surface area contributed by atoms with Gasteiger partial charge in [-0.2, -0.15) is 5.53 Å². The minimum atomic E-state index is -0.919. The van der Waals surface area contributed by atoms with Crippen LogP contribution in [-0.4, -0.2) is 23.0 Å². The molecule has 1 amide bonds. The van der Waals surface area contributed by atoms with Crippen LogP contribution in [0.15, 0.2) is 42.5 Å². The largest absolute Gasteiger partial charge is 0.480 e. The highest BCUT2D eigenvalue weighted by molar-refractivity contribution is 5.98. The highest BCUT2D eigenvalue weighted by Gasteiger charge is 2.33. The van der Waals surface area contributed by atoms with Crippen molar-refractivity contribution < 1.29 is 14.7 Å². The molecule has 2 atom stereocenters. The number of amides is 1. The van der Waals surface area contributed by atoms with Crippen molar-refractivity contribution in [1.29, 1.82) is 0 Å². The molecule has 7 nitrogen and oxygen atoms in total. The van der Waals surface area contributed by atoms with Crippen LogP contribution < -0.4 is 21.7 Å². The van der Waals surface area contributed by atoms with Crippen molar-refractivity contribution in [2.75, 3.05) is 0 Å². The monoisotopic (exact) mass is 324 g/mol. The first-order chi connectivity index (χ1) is 11.6. The fourth-order valence-corrected chi connectivity index (χ4v) is 3.14. The molecule has 4 rings (SSSR count). The van der Waals surface area contributed by atoms with Gasteiger partial charge in [0.1, 0.15) is 6.04 Å². The first-order valence-corrected chi connectivity index (χ1v) is 7.64. The number of fused-ring (bicyclic) bond motifs is 1. The lowest BCUT2D eigenvalue weighted by atomic mass is 9.96. The van der Waals surface area contributed by atoms with Crippen LogP contribution in [0.25, 0.3) is 11.1 Å². The van der Waals surface area contributed by atoms with Crippen molar-refractivity contribution in [1.82, 2.24) is 21.7 Å². The summed E-state index contributed by atoms with van der Waals surface area (Å²) in [5, 5.41) is 12.0. The number of carbonyl (C=O) groups excluding carboxylic acids is 1. The molecular weight excluding hydrogens is 308 g/mol. The molecule has 0 spiro atoms. The van der Waals surface area contributed by atoms with Crippen LogP contribution in [0.3, 0.4) is 0 Å². The molecule has 2 unspecified atom stereocenters. The Bertz CT molecular complexity index is 819. The Kier molecular flexibility index (Phi) is 3.53. The van der Waals surface area contributed by atoms with Crippen molar-refractivity contribution in [3.63, 3.8) is 0 Å². The molecule has 2 aromatic rings. The van der Waals surface area contributed by atoms with E-state index >= 15 is 0 Å². The second-order valence-corrected chi connectivity index (χ2v) is 5.88. The third-order valence-corrected chi connectivity index (χ3v) is 4.45. The van der Waals surface area contributed by atoms with E-state index in [1.54, 1.807) is 0 Å². The molecule has 2 aliphatic heterocycles. The lowest BCUT2D eigenvalue weighted by Gasteiger charge is -2.15. The first kappa shape index (κ1) is 14.8. The van der Waals surface area contributed by atoms with Crippen LogP contribution >= 0.6 is 0 Å². The Labute approximate surface area is 138 Å². The molecule has 1 fully saturated rings. The van der Waals surface area contributed by atoms with E-state index in [0.29, 0.717) is 6.54 Å². The van der Waals surface area contributed by atoms with E-state index in [1.165, 1.54) is 0 Å². The first-order valence-electron chi connectivity index (χ1n) is 7.64. The normalized spacial score (nSPS) is 22.2. The molecule has 2 heterocycles. The van der Waals surface area contributed by atoms with Crippen LogP contribution in [0.1, 0.15) is 27.5 Å². The topological polar surface area (TPSA) is 102 Å². The smallest absolute Gasteiger partial charge is 0.324 e. The van der Waals surface area contributed by atoms with Gasteiger partial charge in [-0.15, -0.1) is 0 Å². The van der Waals surface area contributed by atoms with Gasteiger partial charge in [0.05, 0.1) is 6.04 Å². The molecule has 0 saturated carbocycles. The zero-order chi connectivity index (χ0) is 16.7. The number of aliphatic carboxylic acids is 1. The molecule has 122 valence electrons. The van der Waals surface area contributed by atoms with Crippen molar-refractivity contribution in [2.45, 2.75) is 18.6 Å². The van der Waals surface area contributed by atoms with Crippen LogP contribution in [0.2, 0.25) is 0 Å². The van der Waals surface area contributed by atoms with Crippen LogP contribution in [0, 0.1) is 0 Å². The molecule has 2 aromatic carbocycles. The molecule has 5 N–H and O–H groups in total. The summed E-state index contributed by atoms with van der Waals surface area (Å²) in [6, 6.07) is 12.4. The summed E-state index contributed by atoms with van der Waals surface area (Å²) in [4.78, 5) is 22.8. The second-order valence-electron chi connectivity index (χ2n) is 5.88. The van der Waals surface area contributed by atoms with Gasteiger partial charge in [0.2, 0.25) is 0 Å². The lowest BCUT2D eigenvalue weighted by molar-refractivity contribution is -0.139. The van der Waals surface area contributed by atoms with Gasteiger partial charge in [-0.25, -0.2) is 10.9 Å². The Balaban J connectivity index is 1.60. The lowest BCUT2D eigenvalue weighted by Crippen LogP contribution is -2.38. The van der Waals surface area contributed by atoms with E-state index in [9.17, 15) is 14.7 Å². The summed E-state index contributed by atoms with van der Waals surface area (Å²) in [5.74, 6) is -0.948. The van der Waals surface area contributed by atoms with Crippen LogP contribution in [0.4, 0.5) is 0 Å². The van der Waals surface area contributed by atoms with E-state index in [-0.39, 0.29) is 11.9 Å². The average molecular weight is 324 g/mol. The van der Waals surface area contributed by atoms with Gasteiger partial charge >= 0.3 is 5.97 Å². The molecule has 7 heteroatoms. The molecule has 0 bridgehead atoms. The number of carbonyl (C=O) groups is 2. The third-order valence-electron chi connectivity index (χ3n) is 4.45. The molecule has 2 aliphatic rings. The average Bonchev–Trinajstić information content (AvgIpc) is 3.22. The number of rotatable bonds is 3. The zero-order valence-electron chi connectivity index (χ0n) is 12.7. The highest BCUT2D eigenvalue weighted by Crippen LogP contribution is 2.27. The predicted molar refractivity (Wildman–Crippen MR) is 86.6 cm³/mol. The second kappa shape index (κ2) is 5.72.